The molecule has 18 heavy (non-hydrogen) atoms. The summed E-state index contributed by atoms with van der Waals surface area (Å²) in [7, 11) is 0. The molecule has 2 aliphatic rings. The Hall–Kier alpha value is -0.120. The van der Waals surface area contributed by atoms with Crippen molar-refractivity contribution in [1.82, 2.24) is 10.2 Å². The van der Waals surface area contributed by atoms with Crippen LogP contribution in [0.2, 0.25) is 0 Å². The number of ether oxygens (including phenoxy) is 1. The molecule has 0 spiro atoms. The molecular weight excluding hydrogens is 224 g/mol. The van der Waals surface area contributed by atoms with Crippen LogP contribution >= 0.6 is 0 Å². The number of piperidine rings is 1. The van der Waals surface area contributed by atoms with Crippen LogP contribution in [0.25, 0.3) is 0 Å². The third-order valence-electron chi connectivity index (χ3n) is 4.76. The lowest BCUT2D eigenvalue weighted by atomic mass is 9.93. The summed E-state index contributed by atoms with van der Waals surface area (Å²) in [4.78, 5) is 2.72. The standard InChI is InChI=1S/C15H30N2O/c1-12(2)17(10-14-4-7-16-8-5-14)13(3)15-6-9-18-11-15/h12-16H,4-11H2,1-3H3. The van der Waals surface area contributed by atoms with Gasteiger partial charge in [-0.05, 0) is 65.0 Å². The molecule has 106 valence electrons. The highest BCUT2D eigenvalue weighted by Gasteiger charge is 2.30. The van der Waals surface area contributed by atoms with E-state index >= 15 is 0 Å². The van der Waals surface area contributed by atoms with Crippen LogP contribution in [0.15, 0.2) is 0 Å². The van der Waals surface area contributed by atoms with Crippen molar-refractivity contribution in [2.24, 2.45) is 11.8 Å². The number of rotatable bonds is 5. The van der Waals surface area contributed by atoms with E-state index in [0.717, 1.165) is 25.0 Å². The molecule has 2 rings (SSSR count). The molecule has 0 aliphatic carbocycles. The van der Waals surface area contributed by atoms with Gasteiger partial charge in [-0.1, -0.05) is 0 Å². The van der Waals surface area contributed by atoms with Crippen LogP contribution in [0, 0.1) is 11.8 Å². The van der Waals surface area contributed by atoms with E-state index in [-0.39, 0.29) is 0 Å². The van der Waals surface area contributed by atoms with Crippen molar-refractivity contribution in [3.63, 3.8) is 0 Å². The maximum Gasteiger partial charge on any atom is 0.0509 e. The van der Waals surface area contributed by atoms with Crippen LogP contribution in [0.4, 0.5) is 0 Å². The first-order valence-corrected chi connectivity index (χ1v) is 7.72. The molecular formula is C15H30N2O. The molecule has 0 bridgehead atoms. The van der Waals surface area contributed by atoms with E-state index < -0.39 is 0 Å². The zero-order valence-electron chi connectivity index (χ0n) is 12.3. The second-order valence-electron chi connectivity index (χ2n) is 6.35. The Kier molecular flexibility index (Phi) is 5.46. The summed E-state index contributed by atoms with van der Waals surface area (Å²) in [6.45, 7) is 12.7. The quantitative estimate of drug-likeness (QED) is 0.813. The van der Waals surface area contributed by atoms with Crippen LogP contribution in [0.3, 0.4) is 0 Å². The predicted molar refractivity (Wildman–Crippen MR) is 75.8 cm³/mol. The Morgan fingerprint density at radius 2 is 1.89 bits per heavy atom. The average Bonchev–Trinajstić information content (AvgIpc) is 2.90. The summed E-state index contributed by atoms with van der Waals surface area (Å²) in [5, 5.41) is 3.46. The number of hydrogen-bond donors (Lipinski definition) is 1. The minimum Gasteiger partial charge on any atom is -0.381 e. The maximum atomic E-state index is 5.56. The van der Waals surface area contributed by atoms with Crippen molar-refractivity contribution in [2.75, 3.05) is 32.8 Å². The van der Waals surface area contributed by atoms with E-state index in [4.69, 9.17) is 4.74 Å². The monoisotopic (exact) mass is 254 g/mol. The molecule has 1 N–H and O–H groups in total. The van der Waals surface area contributed by atoms with Gasteiger partial charge in [0.15, 0.2) is 0 Å². The van der Waals surface area contributed by atoms with Crippen molar-refractivity contribution in [1.29, 1.82) is 0 Å². The summed E-state index contributed by atoms with van der Waals surface area (Å²) in [5.74, 6) is 1.63. The van der Waals surface area contributed by atoms with Crippen LogP contribution in [-0.4, -0.2) is 49.8 Å². The summed E-state index contributed by atoms with van der Waals surface area (Å²) < 4.78 is 5.56. The van der Waals surface area contributed by atoms with Gasteiger partial charge in [-0.25, -0.2) is 0 Å². The van der Waals surface area contributed by atoms with Crippen molar-refractivity contribution in [3.05, 3.63) is 0 Å². The molecule has 3 nitrogen and oxygen atoms in total. The van der Waals surface area contributed by atoms with Gasteiger partial charge < -0.3 is 10.1 Å². The van der Waals surface area contributed by atoms with Gasteiger partial charge in [0.05, 0.1) is 6.61 Å². The minimum absolute atomic E-state index is 0.649. The third kappa shape index (κ3) is 3.69. The second-order valence-corrected chi connectivity index (χ2v) is 6.35. The lowest BCUT2D eigenvalue weighted by molar-refractivity contribution is 0.0808. The van der Waals surface area contributed by atoms with Gasteiger partial charge in [-0.2, -0.15) is 0 Å². The zero-order valence-corrected chi connectivity index (χ0v) is 12.3. The molecule has 3 heteroatoms. The van der Waals surface area contributed by atoms with Gasteiger partial charge in [0.25, 0.3) is 0 Å². The van der Waals surface area contributed by atoms with Gasteiger partial charge >= 0.3 is 0 Å². The SMILES string of the molecule is CC(C)N(CC1CCNCC1)C(C)C1CCOC1. The Morgan fingerprint density at radius 1 is 1.17 bits per heavy atom. The fourth-order valence-corrected chi connectivity index (χ4v) is 3.41. The van der Waals surface area contributed by atoms with Crippen molar-refractivity contribution in [3.8, 4) is 0 Å². The molecule has 0 aromatic rings. The Labute approximate surface area is 112 Å². The van der Waals surface area contributed by atoms with E-state index in [1.54, 1.807) is 0 Å². The molecule has 2 aliphatic heterocycles. The second kappa shape index (κ2) is 6.88. The first-order chi connectivity index (χ1) is 8.68. The fourth-order valence-electron chi connectivity index (χ4n) is 3.41. The molecule has 2 unspecified atom stereocenters. The topological polar surface area (TPSA) is 24.5 Å². The lowest BCUT2D eigenvalue weighted by Crippen LogP contribution is -2.47. The zero-order chi connectivity index (χ0) is 13.0. The van der Waals surface area contributed by atoms with Gasteiger partial charge in [0.1, 0.15) is 0 Å². The largest absolute Gasteiger partial charge is 0.381 e. The lowest BCUT2D eigenvalue weighted by Gasteiger charge is -2.39. The molecule has 0 aromatic carbocycles. The molecule has 0 amide bonds. The number of nitrogens with one attached hydrogen (secondary N) is 1. The van der Waals surface area contributed by atoms with Crippen molar-refractivity contribution < 1.29 is 4.74 Å². The highest BCUT2D eigenvalue weighted by atomic mass is 16.5. The highest BCUT2D eigenvalue weighted by molar-refractivity contribution is 4.83. The number of hydrogen-bond acceptors (Lipinski definition) is 3. The molecule has 2 fully saturated rings. The first-order valence-electron chi connectivity index (χ1n) is 7.72. The van der Waals surface area contributed by atoms with Gasteiger partial charge in [-0.15, -0.1) is 0 Å². The smallest absolute Gasteiger partial charge is 0.0509 e. The minimum atomic E-state index is 0.649. The van der Waals surface area contributed by atoms with Crippen LogP contribution in [-0.2, 0) is 4.74 Å². The Morgan fingerprint density at radius 3 is 2.44 bits per heavy atom. The van der Waals surface area contributed by atoms with E-state index in [0.29, 0.717) is 12.1 Å². The van der Waals surface area contributed by atoms with Gasteiger partial charge in [-0.3, -0.25) is 4.90 Å². The molecule has 0 saturated carbocycles. The summed E-state index contributed by atoms with van der Waals surface area (Å²) in [5.41, 5.74) is 0. The Balaban J connectivity index is 1.89. The number of nitrogens with zero attached hydrogens (tertiary/aromatic N) is 1. The summed E-state index contributed by atoms with van der Waals surface area (Å²) in [6, 6.07) is 1.32. The molecule has 2 heterocycles. The van der Waals surface area contributed by atoms with E-state index in [2.05, 4.69) is 31.0 Å². The third-order valence-corrected chi connectivity index (χ3v) is 4.76. The Bertz CT molecular complexity index is 233. The van der Waals surface area contributed by atoms with Gasteiger partial charge in [0.2, 0.25) is 0 Å². The van der Waals surface area contributed by atoms with Crippen molar-refractivity contribution in [2.45, 2.75) is 52.1 Å². The van der Waals surface area contributed by atoms with Crippen LogP contribution < -0.4 is 5.32 Å². The van der Waals surface area contributed by atoms with E-state index in [1.807, 2.05) is 0 Å². The molecule has 0 radical (unpaired) electrons. The van der Waals surface area contributed by atoms with E-state index in [9.17, 15) is 0 Å². The summed E-state index contributed by atoms with van der Waals surface area (Å²) in [6.07, 6.45) is 3.94. The van der Waals surface area contributed by atoms with Gasteiger partial charge in [0, 0.05) is 25.2 Å². The molecule has 2 atom stereocenters. The average molecular weight is 254 g/mol. The normalized spacial score (nSPS) is 28.2. The summed E-state index contributed by atoms with van der Waals surface area (Å²) >= 11 is 0. The van der Waals surface area contributed by atoms with Crippen molar-refractivity contribution >= 4 is 0 Å². The predicted octanol–water partition coefficient (Wildman–Crippen LogP) is 2.12. The molecule has 0 aromatic heterocycles. The fraction of sp³-hybridized carbons (Fsp3) is 1.00. The first kappa shape index (κ1) is 14.3. The molecule has 2 saturated heterocycles. The maximum absolute atomic E-state index is 5.56. The van der Waals surface area contributed by atoms with Crippen LogP contribution in [0.1, 0.15) is 40.0 Å². The van der Waals surface area contributed by atoms with E-state index in [1.165, 1.54) is 38.9 Å². The highest BCUT2D eigenvalue weighted by Crippen LogP contribution is 2.25. The van der Waals surface area contributed by atoms with Crippen LogP contribution in [0.5, 0.6) is 0 Å².